The third-order valence-corrected chi connectivity index (χ3v) is 4.85. The first-order valence-corrected chi connectivity index (χ1v) is 9.77. The highest BCUT2D eigenvalue weighted by atomic mass is 16.5. The molecule has 1 atom stereocenters. The van der Waals surface area contributed by atoms with Crippen LogP contribution in [0, 0.1) is 0 Å². The zero-order valence-electron chi connectivity index (χ0n) is 17.8. The van der Waals surface area contributed by atoms with Crippen LogP contribution in [0.5, 0.6) is 5.75 Å². The number of nitrogens with zero attached hydrogens (tertiary/aromatic N) is 1. The van der Waals surface area contributed by atoms with E-state index in [1.165, 1.54) is 7.11 Å². The summed E-state index contributed by atoms with van der Waals surface area (Å²) in [5, 5.41) is 2.94. The zero-order valence-corrected chi connectivity index (χ0v) is 17.8. The maximum atomic E-state index is 12.8. The molecule has 0 aliphatic carbocycles. The molecule has 29 heavy (non-hydrogen) atoms. The molecule has 0 radical (unpaired) electrons. The molecular formula is C23H30N2O4. The summed E-state index contributed by atoms with van der Waals surface area (Å²) in [6.07, 6.45) is 0.0453. The molecule has 0 aliphatic heterocycles. The minimum absolute atomic E-state index is 0.0453. The lowest BCUT2D eigenvalue weighted by Gasteiger charge is -2.27. The first kappa shape index (κ1) is 22.3. The molecule has 2 aromatic carbocycles. The number of ether oxygens (including phenoxy) is 2. The normalized spacial score (nSPS) is 11.7. The molecule has 156 valence electrons. The number of carbonyl (C=O) groups is 2. The summed E-state index contributed by atoms with van der Waals surface area (Å²) in [5.74, 6) is 0.0731. The molecule has 6 heteroatoms. The number of esters is 1. The fourth-order valence-electron chi connectivity index (χ4n) is 3.23. The third kappa shape index (κ3) is 5.98. The van der Waals surface area contributed by atoms with Crippen molar-refractivity contribution in [2.24, 2.45) is 0 Å². The van der Waals surface area contributed by atoms with E-state index in [1.54, 1.807) is 31.4 Å². The summed E-state index contributed by atoms with van der Waals surface area (Å²) >= 11 is 0. The Morgan fingerprint density at radius 1 is 1.00 bits per heavy atom. The fraction of sp³-hybridized carbons (Fsp3) is 0.391. The number of nitrogens with one attached hydrogen (secondary N) is 1. The number of hydrogen-bond donors (Lipinski definition) is 1. The number of amides is 1. The Bertz CT molecular complexity index is 801. The number of benzene rings is 2. The second kappa shape index (κ2) is 10.5. The van der Waals surface area contributed by atoms with E-state index in [1.807, 2.05) is 24.3 Å². The van der Waals surface area contributed by atoms with Gasteiger partial charge in [-0.3, -0.25) is 9.59 Å². The first-order chi connectivity index (χ1) is 13.9. The van der Waals surface area contributed by atoms with Gasteiger partial charge < -0.3 is 19.7 Å². The summed E-state index contributed by atoms with van der Waals surface area (Å²) in [6.45, 7) is 7.27. The fourth-order valence-corrected chi connectivity index (χ4v) is 3.23. The molecular weight excluding hydrogens is 368 g/mol. The van der Waals surface area contributed by atoms with Gasteiger partial charge in [0.05, 0.1) is 26.7 Å². The van der Waals surface area contributed by atoms with E-state index < -0.39 is 12.0 Å². The zero-order chi connectivity index (χ0) is 21.4. The van der Waals surface area contributed by atoms with Gasteiger partial charge in [-0.15, -0.1) is 0 Å². The third-order valence-electron chi connectivity index (χ3n) is 4.85. The second-order valence-electron chi connectivity index (χ2n) is 7.01. The summed E-state index contributed by atoms with van der Waals surface area (Å²) in [6, 6.07) is 14.6. The molecule has 2 aromatic rings. The largest absolute Gasteiger partial charge is 0.497 e. The minimum Gasteiger partial charge on any atom is -0.497 e. The number of methoxy groups -OCH3 is 2. The highest BCUT2D eigenvalue weighted by Gasteiger charge is 2.20. The maximum Gasteiger partial charge on any atom is 0.307 e. The number of carbonyl (C=O) groups excluding carboxylic acids is 2. The lowest BCUT2D eigenvalue weighted by atomic mass is 10.0. The van der Waals surface area contributed by atoms with Crippen molar-refractivity contribution >= 4 is 17.6 Å². The van der Waals surface area contributed by atoms with Gasteiger partial charge in [-0.1, -0.05) is 12.1 Å². The van der Waals surface area contributed by atoms with Crippen LogP contribution in [0.3, 0.4) is 0 Å². The summed E-state index contributed by atoms with van der Waals surface area (Å²) in [5.41, 5.74) is 2.41. The molecule has 0 heterocycles. The molecule has 0 saturated carbocycles. The van der Waals surface area contributed by atoms with Gasteiger partial charge in [0.25, 0.3) is 5.91 Å². The lowest BCUT2D eigenvalue weighted by molar-refractivity contribution is -0.141. The van der Waals surface area contributed by atoms with Crippen LogP contribution in [0.15, 0.2) is 48.5 Å². The molecule has 0 fully saturated rings. The Morgan fingerprint density at radius 3 is 2.10 bits per heavy atom. The number of rotatable bonds is 9. The number of hydrogen-bond acceptors (Lipinski definition) is 5. The molecule has 1 unspecified atom stereocenters. The predicted molar refractivity (Wildman–Crippen MR) is 114 cm³/mol. The van der Waals surface area contributed by atoms with Crippen LogP contribution >= 0.6 is 0 Å². The van der Waals surface area contributed by atoms with Gasteiger partial charge in [-0.25, -0.2) is 0 Å². The van der Waals surface area contributed by atoms with Crippen LogP contribution in [-0.2, 0) is 9.53 Å². The van der Waals surface area contributed by atoms with Gasteiger partial charge in [0.1, 0.15) is 5.75 Å². The number of anilines is 1. The molecule has 1 amide bonds. The Balaban J connectivity index is 2.18. The predicted octanol–water partition coefficient (Wildman–Crippen LogP) is 3.96. The van der Waals surface area contributed by atoms with Crippen LogP contribution in [0.2, 0.25) is 0 Å². The van der Waals surface area contributed by atoms with Crippen molar-refractivity contribution in [1.82, 2.24) is 5.32 Å². The van der Waals surface area contributed by atoms with Crippen LogP contribution in [0.1, 0.15) is 49.2 Å². The quantitative estimate of drug-likeness (QED) is 0.648. The van der Waals surface area contributed by atoms with Crippen LogP contribution in [0.4, 0.5) is 5.69 Å². The van der Waals surface area contributed by atoms with Crippen molar-refractivity contribution in [3.8, 4) is 5.75 Å². The average Bonchev–Trinajstić information content (AvgIpc) is 2.73. The van der Waals surface area contributed by atoms with Crippen molar-refractivity contribution in [2.45, 2.75) is 39.3 Å². The standard InChI is InChI=1S/C23H30N2O4/c1-6-25(16(2)3)19-11-7-18(8-12-19)23(27)24-21(15-22(26)29-5)17-9-13-20(28-4)14-10-17/h7-14,16,21H,6,15H2,1-5H3,(H,24,27). The van der Waals surface area contributed by atoms with E-state index in [9.17, 15) is 9.59 Å². The van der Waals surface area contributed by atoms with Crippen molar-refractivity contribution < 1.29 is 19.1 Å². The Hall–Kier alpha value is -3.02. The molecule has 0 bridgehead atoms. The van der Waals surface area contributed by atoms with Gasteiger partial charge >= 0.3 is 5.97 Å². The lowest BCUT2D eigenvalue weighted by Crippen LogP contribution is -2.31. The van der Waals surface area contributed by atoms with Gasteiger partial charge in [-0.2, -0.15) is 0 Å². The SMILES string of the molecule is CCN(c1ccc(C(=O)NC(CC(=O)OC)c2ccc(OC)cc2)cc1)C(C)C. The molecule has 0 aromatic heterocycles. The Morgan fingerprint density at radius 2 is 1.62 bits per heavy atom. The summed E-state index contributed by atoms with van der Waals surface area (Å²) < 4.78 is 9.97. The van der Waals surface area contributed by atoms with E-state index >= 15 is 0 Å². The van der Waals surface area contributed by atoms with E-state index in [0.29, 0.717) is 17.4 Å². The van der Waals surface area contributed by atoms with Gasteiger partial charge in [0.15, 0.2) is 0 Å². The van der Waals surface area contributed by atoms with Gasteiger partial charge in [0.2, 0.25) is 0 Å². The van der Waals surface area contributed by atoms with Crippen molar-refractivity contribution in [3.05, 3.63) is 59.7 Å². The molecule has 1 N–H and O–H groups in total. The Kier molecular flexibility index (Phi) is 8.07. The average molecular weight is 399 g/mol. The first-order valence-electron chi connectivity index (χ1n) is 9.77. The molecule has 0 spiro atoms. The van der Waals surface area contributed by atoms with E-state index in [-0.39, 0.29) is 12.3 Å². The van der Waals surface area contributed by atoms with Crippen LogP contribution < -0.4 is 15.0 Å². The van der Waals surface area contributed by atoms with Gasteiger partial charge in [0, 0.05) is 23.8 Å². The molecule has 2 rings (SSSR count). The summed E-state index contributed by atoms with van der Waals surface area (Å²) in [4.78, 5) is 26.9. The monoisotopic (exact) mass is 398 g/mol. The van der Waals surface area contributed by atoms with Crippen LogP contribution in [0.25, 0.3) is 0 Å². The topological polar surface area (TPSA) is 67.9 Å². The van der Waals surface area contributed by atoms with E-state index in [0.717, 1.165) is 17.8 Å². The van der Waals surface area contributed by atoms with Crippen molar-refractivity contribution in [1.29, 1.82) is 0 Å². The summed E-state index contributed by atoms with van der Waals surface area (Å²) in [7, 11) is 2.92. The highest BCUT2D eigenvalue weighted by molar-refractivity contribution is 5.95. The maximum absolute atomic E-state index is 12.8. The molecule has 6 nitrogen and oxygen atoms in total. The van der Waals surface area contributed by atoms with Crippen molar-refractivity contribution in [3.63, 3.8) is 0 Å². The van der Waals surface area contributed by atoms with Crippen molar-refractivity contribution in [2.75, 3.05) is 25.7 Å². The van der Waals surface area contributed by atoms with Gasteiger partial charge in [-0.05, 0) is 62.7 Å². The highest BCUT2D eigenvalue weighted by Crippen LogP contribution is 2.22. The minimum atomic E-state index is -0.497. The van der Waals surface area contributed by atoms with Crippen LogP contribution in [-0.4, -0.2) is 38.7 Å². The van der Waals surface area contributed by atoms with E-state index in [2.05, 4.69) is 31.0 Å². The smallest absolute Gasteiger partial charge is 0.307 e. The molecule has 0 saturated heterocycles. The second-order valence-corrected chi connectivity index (χ2v) is 7.01. The van der Waals surface area contributed by atoms with E-state index in [4.69, 9.17) is 9.47 Å². The Labute approximate surface area is 172 Å². The molecule has 0 aliphatic rings.